The number of hydrogen-bond acceptors (Lipinski definition) is 1. The molecule has 3 atom stereocenters. The molecule has 1 nitrogen and oxygen atoms in total. The second-order valence-corrected chi connectivity index (χ2v) is 6.25. The van der Waals surface area contributed by atoms with Gasteiger partial charge in [-0.25, -0.2) is 0 Å². The Kier molecular flexibility index (Phi) is 4.90. The SMILES string of the molecule is CCCNC(C(CC)CC)C1C2CCCCC21. The van der Waals surface area contributed by atoms with Gasteiger partial charge >= 0.3 is 0 Å². The molecule has 0 radical (unpaired) electrons. The fourth-order valence-electron chi connectivity index (χ4n) is 4.30. The lowest BCUT2D eigenvalue weighted by Crippen LogP contribution is -2.39. The Morgan fingerprint density at radius 3 is 2.06 bits per heavy atom. The average molecular weight is 237 g/mol. The van der Waals surface area contributed by atoms with E-state index in [0.29, 0.717) is 0 Å². The van der Waals surface area contributed by atoms with Crippen LogP contribution in [0.2, 0.25) is 0 Å². The van der Waals surface area contributed by atoms with Crippen molar-refractivity contribution >= 4 is 0 Å². The Bertz CT molecular complexity index is 210. The zero-order chi connectivity index (χ0) is 12.3. The van der Waals surface area contributed by atoms with Crippen LogP contribution in [0.3, 0.4) is 0 Å². The molecule has 2 rings (SSSR count). The summed E-state index contributed by atoms with van der Waals surface area (Å²) in [5, 5.41) is 3.89. The summed E-state index contributed by atoms with van der Waals surface area (Å²) in [6.45, 7) is 8.26. The predicted octanol–water partition coefficient (Wildman–Crippen LogP) is 4.23. The van der Waals surface area contributed by atoms with Crippen molar-refractivity contribution in [2.75, 3.05) is 6.54 Å². The lowest BCUT2D eigenvalue weighted by Gasteiger charge is -2.27. The lowest BCUT2D eigenvalue weighted by atomic mass is 9.89. The van der Waals surface area contributed by atoms with Crippen molar-refractivity contribution in [1.29, 1.82) is 0 Å². The summed E-state index contributed by atoms with van der Waals surface area (Å²) in [7, 11) is 0. The molecule has 0 heterocycles. The van der Waals surface area contributed by atoms with Crippen LogP contribution in [0, 0.1) is 23.7 Å². The minimum Gasteiger partial charge on any atom is -0.313 e. The molecule has 2 aliphatic rings. The monoisotopic (exact) mass is 237 g/mol. The van der Waals surface area contributed by atoms with Crippen molar-refractivity contribution in [3.8, 4) is 0 Å². The summed E-state index contributed by atoms with van der Waals surface area (Å²) in [6, 6.07) is 0.832. The summed E-state index contributed by atoms with van der Waals surface area (Å²) in [6.07, 6.45) is 10.0. The van der Waals surface area contributed by atoms with Crippen molar-refractivity contribution in [3.05, 3.63) is 0 Å². The Morgan fingerprint density at radius 2 is 1.59 bits per heavy atom. The van der Waals surface area contributed by atoms with Gasteiger partial charge in [0.15, 0.2) is 0 Å². The minimum absolute atomic E-state index is 0.832. The fourth-order valence-corrected chi connectivity index (χ4v) is 4.30. The molecule has 0 aliphatic heterocycles. The second-order valence-electron chi connectivity index (χ2n) is 6.25. The van der Waals surface area contributed by atoms with Crippen LogP contribution in [-0.2, 0) is 0 Å². The van der Waals surface area contributed by atoms with E-state index >= 15 is 0 Å². The van der Waals surface area contributed by atoms with Gasteiger partial charge in [-0.15, -0.1) is 0 Å². The molecule has 100 valence electrons. The Morgan fingerprint density at radius 1 is 1.00 bits per heavy atom. The van der Waals surface area contributed by atoms with Gasteiger partial charge in [0, 0.05) is 6.04 Å². The highest BCUT2D eigenvalue weighted by Crippen LogP contribution is 2.58. The smallest absolute Gasteiger partial charge is 0.0129 e. The summed E-state index contributed by atoms with van der Waals surface area (Å²) in [5.74, 6) is 4.14. The zero-order valence-electron chi connectivity index (χ0n) is 12.0. The number of nitrogens with one attached hydrogen (secondary N) is 1. The first-order valence-corrected chi connectivity index (χ1v) is 8.06. The first-order valence-electron chi connectivity index (χ1n) is 8.06. The van der Waals surface area contributed by atoms with Gasteiger partial charge in [0.25, 0.3) is 0 Å². The number of fused-ring (bicyclic) bond motifs is 1. The minimum atomic E-state index is 0.832. The number of hydrogen-bond donors (Lipinski definition) is 1. The second kappa shape index (κ2) is 6.22. The average Bonchev–Trinajstić information content (AvgIpc) is 3.09. The first kappa shape index (κ1) is 13.4. The largest absolute Gasteiger partial charge is 0.313 e. The highest BCUT2D eigenvalue weighted by molar-refractivity contribution is 5.05. The molecule has 0 spiro atoms. The van der Waals surface area contributed by atoms with Gasteiger partial charge in [-0.05, 0) is 49.5 Å². The van der Waals surface area contributed by atoms with E-state index in [9.17, 15) is 0 Å². The van der Waals surface area contributed by atoms with E-state index in [-0.39, 0.29) is 0 Å². The van der Waals surface area contributed by atoms with Crippen LogP contribution in [0.25, 0.3) is 0 Å². The number of rotatable bonds is 7. The van der Waals surface area contributed by atoms with Crippen LogP contribution in [0.1, 0.15) is 65.7 Å². The van der Waals surface area contributed by atoms with E-state index in [2.05, 4.69) is 26.1 Å². The van der Waals surface area contributed by atoms with Crippen LogP contribution >= 0.6 is 0 Å². The highest BCUT2D eigenvalue weighted by atomic mass is 14.9. The van der Waals surface area contributed by atoms with Crippen LogP contribution in [0.4, 0.5) is 0 Å². The normalized spacial score (nSPS) is 33.5. The molecule has 2 aliphatic carbocycles. The Balaban J connectivity index is 1.95. The maximum atomic E-state index is 3.89. The predicted molar refractivity (Wildman–Crippen MR) is 75.1 cm³/mol. The van der Waals surface area contributed by atoms with E-state index in [1.54, 1.807) is 0 Å². The molecule has 0 bridgehead atoms. The maximum Gasteiger partial charge on any atom is 0.0129 e. The van der Waals surface area contributed by atoms with Gasteiger partial charge in [0.05, 0.1) is 0 Å². The van der Waals surface area contributed by atoms with Crippen LogP contribution < -0.4 is 5.32 Å². The topological polar surface area (TPSA) is 12.0 Å². The molecule has 3 unspecified atom stereocenters. The van der Waals surface area contributed by atoms with E-state index in [0.717, 1.165) is 29.7 Å². The van der Waals surface area contributed by atoms with Crippen LogP contribution in [-0.4, -0.2) is 12.6 Å². The quantitative estimate of drug-likeness (QED) is 0.699. The molecule has 0 aromatic rings. The van der Waals surface area contributed by atoms with Gasteiger partial charge in [-0.2, -0.15) is 0 Å². The van der Waals surface area contributed by atoms with E-state index in [4.69, 9.17) is 0 Å². The van der Waals surface area contributed by atoms with Gasteiger partial charge < -0.3 is 5.32 Å². The van der Waals surface area contributed by atoms with Crippen molar-refractivity contribution < 1.29 is 0 Å². The zero-order valence-corrected chi connectivity index (χ0v) is 12.0. The molecule has 1 N–H and O–H groups in total. The molecule has 1 heteroatoms. The van der Waals surface area contributed by atoms with Gasteiger partial charge in [-0.3, -0.25) is 0 Å². The molecule has 2 fully saturated rings. The third kappa shape index (κ3) is 2.86. The molecule has 2 saturated carbocycles. The summed E-state index contributed by atoms with van der Waals surface area (Å²) in [5.41, 5.74) is 0. The highest BCUT2D eigenvalue weighted by Gasteiger charge is 2.54. The van der Waals surface area contributed by atoms with Gasteiger partial charge in [0.1, 0.15) is 0 Å². The van der Waals surface area contributed by atoms with E-state index in [1.165, 1.54) is 51.5 Å². The third-order valence-corrected chi connectivity index (χ3v) is 5.32. The Hall–Kier alpha value is -0.0400. The molecule has 0 aromatic heterocycles. The standard InChI is InChI=1S/C16H31N/c1-4-11-17-16(12(5-2)6-3)15-13-9-7-8-10-14(13)15/h12-17H,4-11H2,1-3H3. The molecule has 0 aromatic carbocycles. The maximum absolute atomic E-state index is 3.89. The molecule has 0 saturated heterocycles. The fraction of sp³-hybridized carbons (Fsp3) is 1.00. The Labute approximate surface area is 108 Å². The summed E-state index contributed by atoms with van der Waals surface area (Å²) < 4.78 is 0. The van der Waals surface area contributed by atoms with Crippen LogP contribution in [0.5, 0.6) is 0 Å². The van der Waals surface area contributed by atoms with Crippen molar-refractivity contribution in [1.82, 2.24) is 5.32 Å². The molecule has 0 amide bonds. The van der Waals surface area contributed by atoms with Crippen molar-refractivity contribution in [3.63, 3.8) is 0 Å². The molecular weight excluding hydrogens is 206 g/mol. The van der Waals surface area contributed by atoms with Crippen LogP contribution in [0.15, 0.2) is 0 Å². The molecular formula is C16H31N. The molecule has 17 heavy (non-hydrogen) atoms. The summed E-state index contributed by atoms with van der Waals surface area (Å²) >= 11 is 0. The van der Waals surface area contributed by atoms with Crippen molar-refractivity contribution in [2.45, 2.75) is 71.8 Å². The van der Waals surface area contributed by atoms with E-state index in [1.807, 2.05) is 0 Å². The van der Waals surface area contributed by atoms with Crippen molar-refractivity contribution in [2.24, 2.45) is 23.7 Å². The lowest BCUT2D eigenvalue weighted by molar-refractivity contribution is 0.288. The summed E-state index contributed by atoms with van der Waals surface area (Å²) in [4.78, 5) is 0. The third-order valence-electron chi connectivity index (χ3n) is 5.32. The van der Waals surface area contributed by atoms with Gasteiger partial charge in [0.2, 0.25) is 0 Å². The van der Waals surface area contributed by atoms with Gasteiger partial charge in [-0.1, -0.05) is 46.5 Å². The first-order chi connectivity index (χ1) is 8.33. The van der Waals surface area contributed by atoms with E-state index < -0.39 is 0 Å².